The van der Waals surface area contributed by atoms with E-state index in [2.05, 4.69) is 24.4 Å². The third-order valence-electron chi connectivity index (χ3n) is 2.63. The largest absolute Gasteiger partial charge is 0.313 e. The van der Waals surface area contributed by atoms with Crippen molar-refractivity contribution in [3.63, 3.8) is 0 Å². The van der Waals surface area contributed by atoms with Gasteiger partial charge in [-0.1, -0.05) is 23.2 Å². The Morgan fingerprint density at radius 3 is 2.35 bits per heavy atom. The molecule has 0 aliphatic rings. The lowest BCUT2D eigenvalue weighted by Gasteiger charge is -2.06. The normalized spacial score (nSPS) is 12.7. The molecule has 1 N–H and O–H groups in total. The summed E-state index contributed by atoms with van der Waals surface area (Å²) in [6.07, 6.45) is 0. The monoisotopic (exact) mass is 285 g/mol. The number of nitrogens with one attached hydrogen (secondary N) is 1. The summed E-state index contributed by atoms with van der Waals surface area (Å²) in [5, 5.41) is 4.57. The Kier molecular flexibility index (Phi) is 4.10. The topological polar surface area (TPSA) is 12.0 Å². The number of hydrogen-bond acceptors (Lipinski definition) is 2. The first kappa shape index (κ1) is 12.9. The molecule has 0 aliphatic heterocycles. The fraction of sp³-hybridized carbons (Fsp3) is 0.231. The van der Waals surface area contributed by atoms with Gasteiger partial charge in [-0.15, -0.1) is 11.3 Å². The molecule has 90 valence electrons. The van der Waals surface area contributed by atoms with Gasteiger partial charge >= 0.3 is 0 Å². The van der Waals surface area contributed by atoms with Crippen LogP contribution in [0.3, 0.4) is 0 Å². The molecule has 1 unspecified atom stereocenters. The summed E-state index contributed by atoms with van der Waals surface area (Å²) in [7, 11) is 1.96. The van der Waals surface area contributed by atoms with Crippen LogP contribution in [0, 0.1) is 0 Å². The van der Waals surface area contributed by atoms with Crippen LogP contribution >= 0.6 is 34.5 Å². The zero-order valence-corrected chi connectivity index (χ0v) is 12.0. The molecule has 0 amide bonds. The molecule has 0 aliphatic carbocycles. The van der Waals surface area contributed by atoms with Crippen LogP contribution in [-0.4, -0.2) is 7.05 Å². The molecule has 1 aromatic heterocycles. The molecule has 2 aromatic rings. The molecular weight excluding hydrogens is 273 g/mol. The summed E-state index contributed by atoms with van der Waals surface area (Å²) in [5.41, 5.74) is 1.07. The quantitative estimate of drug-likeness (QED) is 0.837. The fourth-order valence-electron chi connectivity index (χ4n) is 1.58. The summed E-state index contributed by atoms with van der Waals surface area (Å²) >= 11 is 13.8. The van der Waals surface area contributed by atoms with Crippen molar-refractivity contribution < 1.29 is 0 Å². The van der Waals surface area contributed by atoms with Gasteiger partial charge in [-0.25, -0.2) is 0 Å². The Labute approximate surface area is 115 Å². The van der Waals surface area contributed by atoms with Crippen molar-refractivity contribution in [1.82, 2.24) is 5.32 Å². The standard InChI is InChI=1S/C13H13Cl2NS/c1-8(16-2)12-3-4-13(17-12)9-5-10(14)7-11(15)6-9/h3-8,16H,1-2H3. The van der Waals surface area contributed by atoms with Crippen molar-refractivity contribution in [3.8, 4) is 10.4 Å². The first-order valence-electron chi connectivity index (χ1n) is 5.33. The van der Waals surface area contributed by atoms with Crippen LogP contribution < -0.4 is 5.32 Å². The maximum atomic E-state index is 6.00. The van der Waals surface area contributed by atoms with Gasteiger partial charge in [0, 0.05) is 25.8 Å². The van der Waals surface area contributed by atoms with Crippen LogP contribution in [-0.2, 0) is 0 Å². The second kappa shape index (κ2) is 5.40. The second-order valence-corrected chi connectivity index (χ2v) is 5.86. The lowest BCUT2D eigenvalue weighted by molar-refractivity contribution is 0.664. The predicted octanol–water partition coefficient (Wildman–Crippen LogP) is 5.00. The SMILES string of the molecule is CNC(C)c1ccc(-c2cc(Cl)cc(Cl)c2)s1. The summed E-state index contributed by atoms with van der Waals surface area (Å²) in [5.74, 6) is 0. The Morgan fingerprint density at radius 1 is 1.12 bits per heavy atom. The van der Waals surface area contributed by atoms with Gasteiger partial charge in [-0.2, -0.15) is 0 Å². The van der Waals surface area contributed by atoms with Crippen molar-refractivity contribution >= 4 is 34.5 Å². The van der Waals surface area contributed by atoms with Crippen molar-refractivity contribution in [2.24, 2.45) is 0 Å². The van der Waals surface area contributed by atoms with Gasteiger partial charge in [-0.05, 0) is 49.9 Å². The van der Waals surface area contributed by atoms with E-state index in [1.807, 2.05) is 19.2 Å². The first-order chi connectivity index (χ1) is 8.10. The van der Waals surface area contributed by atoms with Crippen LogP contribution in [0.1, 0.15) is 17.8 Å². The van der Waals surface area contributed by atoms with Gasteiger partial charge in [-0.3, -0.25) is 0 Å². The van der Waals surface area contributed by atoms with Gasteiger partial charge in [0.05, 0.1) is 0 Å². The number of rotatable bonds is 3. The van der Waals surface area contributed by atoms with Gasteiger partial charge in [0.25, 0.3) is 0 Å². The Balaban J connectivity index is 2.36. The molecule has 1 aromatic carbocycles. The highest BCUT2D eigenvalue weighted by atomic mass is 35.5. The molecule has 0 saturated carbocycles. The zero-order chi connectivity index (χ0) is 12.4. The molecule has 4 heteroatoms. The van der Waals surface area contributed by atoms with Crippen LogP contribution in [0.5, 0.6) is 0 Å². The summed E-state index contributed by atoms with van der Waals surface area (Å²) < 4.78 is 0. The highest BCUT2D eigenvalue weighted by molar-refractivity contribution is 7.15. The summed E-state index contributed by atoms with van der Waals surface area (Å²) in [4.78, 5) is 2.49. The smallest absolute Gasteiger partial charge is 0.0427 e. The Morgan fingerprint density at radius 2 is 1.76 bits per heavy atom. The van der Waals surface area contributed by atoms with Crippen molar-refractivity contribution in [1.29, 1.82) is 0 Å². The van der Waals surface area contributed by atoms with Crippen LogP contribution in [0.2, 0.25) is 10.0 Å². The third-order valence-corrected chi connectivity index (χ3v) is 4.39. The maximum absolute atomic E-state index is 6.00. The van der Waals surface area contributed by atoms with E-state index in [1.54, 1.807) is 17.4 Å². The van der Waals surface area contributed by atoms with Crippen molar-refractivity contribution in [3.05, 3.63) is 45.3 Å². The highest BCUT2D eigenvalue weighted by Gasteiger charge is 2.08. The molecule has 0 spiro atoms. The number of benzene rings is 1. The molecule has 0 bridgehead atoms. The van der Waals surface area contributed by atoms with Gasteiger partial charge < -0.3 is 5.32 Å². The Hall–Kier alpha value is -0.540. The molecule has 0 fully saturated rings. The van der Waals surface area contributed by atoms with Gasteiger partial charge in [0.15, 0.2) is 0 Å². The Bertz CT molecular complexity index is 502. The van der Waals surface area contributed by atoms with Crippen molar-refractivity contribution in [2.75, 3.05) is 7.05 Å². The van der Waals surface area contributed by atoms with Crippen molar-refractivity contribution in [2.45, 2.75) is 13.0 Å². The van der Waals surface area contributed by atoms with E-state index >= 15 is 0 Å². The van der Waals surface area contributed by atoms with E-state index in [4.69, 9.17) is 23.2 Å². The number of thiophene rings is 1. The first-order valence-corrected chi connectivity index (χ1v) is 6.91. The van der Waals surface area contributed by atoms with E-state index in [0.29, 0.717) is 16.1 Å². The average Bonchev–Trinajstić information content (AvgIpc) is 2.76. The molecule has 17 heavy (non-hydrogen) atoms. The minimum atomic E-state index is 0.364. The molecule has 0 radical (unpaired) electrons. The predicted molar refractivity (Wildman–Crippen MR) is 77.2 cm³/mol. The summed E-state index contributed by atoms with van der Waals surface area (Å²) in [6, 6.07) is 10.2. The van der Waals surface area contributed by atoms with Gasteiger partial charge in [0.2, 0.25) is 0 Å². The molecular formula is C13H13Cl2NS. The molecule has 2 rings (SSSR count). The zero-order valence-electron chi connectivity index (χ0n) is 9.63. The van der Waals surface area contributed by atoms with Crippen LogP contribution in [0.4, 0.5) is 0 Å². The third kappa shape index (κ3) is 3.02. The molecule has 1 nitrogen and oxygen atoms in total. The highest BCUT2D eigenvalue weighted by Crippen LogP contribution is 2.34. The maximum Gasteiger partial charge on any atom is 0.0427 e. The number of hydrogen-bond donors (Lipinski definition) is 1. The molecule has 0 saturated heterocycles. The average molecular weight is 286 g/mol. The molecule has 1 heterocycles. The number of halogens is 2. The van der Waals surface area contributed by atoms with Crippen LogP contribution in [0.25, 0.3) is 10.4 Å². The van der Waals surface area contributed by atoms with E-state index in [1.165, 1.54) is 9.75 Å². The van der Waals surface area contributed by atoms with E-state index in [-0.39, 0.29) is 0 Å². The van der Waals surface area contributed by atoms with Crippen LogP contribution in [0.15, 0.2) is 30.3 Å². The second-order valence-electron chi connectivity index (χ2n) is 3.87. The minimum Gasteiger partial charge on any atom is -0.313 e. The van der Waals surface area contributed by atoms with E-state index in [0.717, 1.165) is 5.56 Å². The lowest BCUT2D eigenvalue weighted by Crippen LogP contribution is -2.10. The van der Waals surface area contributed by atoms with E-state index in [9.17, 15) is 0 Å². The minimum absolute atomic E-state index is 0.364. The summed E-state index contributed by atoms with van der Waals surface area (Å²) in [6.45, 7) is 2.14. The van der Waals surface area contributed by atoms with Gasteiger partial charge in [0.1, 0.15) is 0 Å². The molecule has 1 atom stereocenters. The van der Waals surface area contributed by atoms with E-state index < -0.39 is 0 Å². The fourth-order valence-corrected chi connectivity index (χ4v) is 3.16. The lowest BCUT2D eigenvalue weighted by atomic mass is 10.2.